The van der Waals surface area contributed by atoms with E-state index in [-0.39, 0.29) is 11.8 Å². The lowest BCUT2D eigenvalue weighted by atomic mass is 9.89. The predicted octanol–water partition coefficient (Wildman–Crippen LogP) is -0.658. The van der Waals surface area contributed by atoms with E-state index < -0.39 is 0 Å². The maximum absolute atomic E-state index is 11.1. The van der Waals surface area contributed by atoms with Crippen molar-refractivity contribution in [2.45, 2.75) is 6.42 Å². The minimum Gasteiger partial charge on any atom is -0.356 e. The van der Waals surface area contributed by atoms with Crippen molar-refractivity contribution in [1.29, 1.82) is 0 Å². The maximum atomic E-state index is 11.1. The molecule has 0 bridgehead atoms. The molecule has 2 atom stereocenters. The zero-order valence-corrected chi connectivity index (χ0v) is 5.89. The molecule has 0 radical (unpaired) electrons. The van der Waals surface area contributed by atoms with Gasteiger partial charge in [0, 0.05) is 13.1 Å². The van der Waals surface area contributed by atoms with Gasteiger partial charge in [-0.15, -0.1) is 0 Å². The second kappa shape index (κ2) is 2.23. The summed E-state index contributed by atoms with van der Waals surface area (Å²) in [4.78, 5) is 11.1. The SMILES string of the molecule is O=C1NCCC2CNCC12. The minimum atomic E-state index is 0.251. The lowest BCUT2D eigenvalue weighted by molar-refractivity contribution is -0.127. The molecule has 2 saturated heterocycles. The van der Waals surface area contributed by atoms with Gasteiger partial charge in [-0.05, 0) is 18.9 Å². The van der Waals surface area contributed by atoms with Crippen molar-refractivity contribution in [3.05, 3.63) is 0 Å². The number of carbonyl (C=O) groups excluding carboxylic acids is 1. The summed E-state index contributed by atoms with van der Waals surface area (Å²) in [5.41, 5.74) is 0. The van der Waals surface area contributed by atoms with Gasteiger partial charge in [0.05, 0.1) is 5.92 Å². The monoisotopic (exact) mass is 140 g/mol. The van der Waals surface area contributed by atoms with Crippen LogP contribution in [0.1, 0.15) is 6.42 Å². The Balaban J connectivity index is 2.10. The molecule has 2 aliphatic rings. The molecule has 0 aliphatic carbocycles. The number of amides is 1. The number of rotatable bonds is 0. The Labute approximate surface area is 60.2 Å². The van der Waals surface area contributed by atoms with Crippen molar-refractivity contribution in [3.8, 4) is 0 Å². The van der Waals surface area contributed by atoms with Crippen LogP contribution in [0.25, 0.3) is 0 Å². The standard InChI is InChI=1S/C7H12N2O/c10-7-6-4-8-3-5(6)1-2-9-7/h5-6,8H,1-4H2,(H,9,10). The Morgan fingerprint density at radius 3 is 3.10 bits per heavy atom. The first kappa shape index (κ1) is 6.16. The van der Waals surface area contributed by atoms with Crippen LogP contribution < -0.4 is 10.6 Å². The Morgan fingerprint density at radius 1 is 1.40 bits per heavy atom. The first-order valence-corrected chi connectivity index (χ1v) is 3.86. The van der Waals surface area contributed by atoms with Crippen molar-refractivity contribution in [1.82, 2.24) is 10.6 Å². The first-order chi connectivity index (χ1) is 4.88. The Bertz CT molecular complexity index is 158. The Kier molecular flexibility index (Phi) is 1.38. The lowest BCUT2D eigenvalue weighted by Crippen LogP contribution is -2.41. The molecule has 2 unspecified atom stereocenters. The smallest absolute Gasteiger partial charge is 0.224 e. The van der Waals surface area contributed by atoms with Gasteiger partial charge in [0.1, 0.15) is 0 Å². The van der Waals surface area contributed by atoms with E-state index in [1.807, 2.05) is 0 Å². The molecule has 2 heterocycles. The summed E-state index contributed by atoms with van der Waals surface area (Å²) in [6.45, 7) is 2.80. The van der Waals surface area contributed by atoms with Crippen LogP contribution in [0.3, 0.4) is 0 Å². The molecule has 3 heteroatoms. The summed E-state index contributed by atoms with van der Waals surface area (Å²) in [5, 5.41) is 6.11. The molecule has 2 rings (SSSR count). The van der Waals surface area contributed by atoms with Crippen LogP contribution in [0.15, 0.2) is 0 Å². The van der Waals surface area contributed by atoms with E-state index in [4.69, 9.17) is 0 Å². The zero-order valence-electron chi connectivity index (χ0n) is 5.89. The highest BCUT2D eigenvalue weighted by atomic mass is 16.2. The topological polar surface area (TPSA) is 41.1 Å². The van der Waals surface area contributed by atoms with Gasteiger partial charge in [-0.3, -0.25) is 4.79 Å². The van der Waals surface area contributed by atoms with Gasteiger partial charge in [0.25, 0.3) is 0 Å². The maximum Gasteiger partial charge on any atom is 0.224 e. The van der Waals surface area contributed by atoms with Crippen molar-refractivity contribution < 1.29 is 4.79 Å². The molecule has 3 nitrogen and oxygen atoms in total. The highest BCUT2D eigenvalue weighted by Crippen LogP contribution is 2.22. The average molecular weight is 140 g/mol. The van der Waals surface area contributed by atoms with Crippen molar-refractivity contribution in [2.75, 3.05) is 19.6 Å². The molecule has 1 amide bonds. The number of piperidine rings is 1. The molecule has 0 spiro atoms. The molecular formula is C7H12N2O. The highest BCUT2D eigenvalue weighted by Gasteiger charge is 2.35. The summed E-state index contributed by atoms with van der Waals surface area (Å²) in [6.07, 6.45) is 1.16. The average Bonchev–Trinajstić information content (AvgIpc) is 2.36. The quantitative estimate of drug-likeness (QED) is 0.469. The van der Waals surface area contributed by atoms with Crippen LogP contribution >= 0.6 is 0 Å². The molecule has 0 saturated carbocycles. The Hall–Kier alpha value is -0.570. The molecule has 10 heavy (non-hydrogen) atoms. The summed E-state index contributed by atoms with van der Waals surface area (Å²) in [7, 11) is 0. The molecule has 0 aromatic rings. The first-order valence-electron chi connectivity index (χ1n) is 3.86. The van der Waals surface area contributed by atoms with Crippen molar-refractivity contribution in [2.24, 2.45) is 11.8 Å². The van der Waals surface area contributed by atoms with Gasteiger partial charge < -0.3 is 10.6 Å². The molecule has 0 aromatic carbocycles. The third-order valence-corrected chi connectivity index (χ3v) is 2.49. The number of carbonyl (C=O) groups is 1. The third kappa shape index (κ3) is 0.814. The van der Waals surface area contributed by atoms with Crippen LogP contribution in [0.4, 0.5) is 0 Å². The lowest BCUT2D eigenvalue weighted by Gasteiger charge is -2.23. The Morgan fingerprint density at radius 2 is 2.30 bits per heavy atom. The zero-order chi connectivity index (χ0) is 6.97. The van der Waals surface area contributed by atoms with E-state index in [1.165, 1.54) is 0 Å². The fourth-order valence-corrected chi connectivity index (χ4v) is 1.86. The summed E-state index contributed by atoms with van der Waals surface area (Å²) >= 11 is 0. The van der Waals surface area contributed by atoms with Gasteiger partial charge in [0.2, 0.25) is 5.91 Å². The minimum absolute atomic E-state index is 0.251. The van der Waals surface area contributed by atoms with Crippen LogP contribution in [0.5, 0.6) is 0 Å². The van der Waals surface area contributed by atoms with Crippen LogP contribution in [0, 0.1) is 11.8 Å². The summed E-state index contributed by atoms with van der Waals surface area (Å²) in [6, 6.07) is 0. The molecule has 2 fully saturated rings. The molecule has 2 N–H and O–H groups in total. The molecular weight excluding hydrogens is 128 g/mol. The van der Waals surface area contributed by atoms with E-state index in [2.05, 4.69) is 10.6 Å². The van der Waals surface area contributed by atoms with Gasteiger partial charge in [0.15, 0.2) is 0 Å². The van der Waals surface area contributed by atoms with Crippen LogP contribution in [-0.4, -0.2) is 25.5 Å². The van der Waals surface area contributed by atoms with Crippen molar-refractivity contribution >= 4 is 5.91 Å². The van der Waals surface area contributed by atoms with Crippen molar-refractivity contribution in [3.63, 3.8) is 0 Å². The molecule has 2 aliphatic heterocycles. The second-order valence-electron chi connectivity index (χ2n) is 3.10. The van der Waals surface area contributed by atoms with Gasteiger partial charge in [-0.1, -0.05) is 0 Å². The molecule has 56 valence electrons. The fraction of sp³-hybridized carbons (Fsp3) is 0.857. The largest absolute Gasteiger partial charge is 0.356 e. The van der Waals surface area contributed by atoms with Gasteiger partial charge in [-0.2, -0.15) is 0 Å². The highest BCUT2D eigenvalue weighted by molar-refractivity contribution is 5.80. The van der Waals surface area contributed by atoms with E-state index in [0.717, 1.165) is 26.1 Å². The number of nitrogens with one attached hydrogen (secondary N) is 2. The van der Waals surface area contributed by atoms with Gasteiger partial charge in [-0.25, -0.2) is 0 Å². The van der Waals surface area contributed by atoms with E-state index >= 15 is 0 Å². The summed E-state index contributed by atoms with van der Waals surface area (Å²) in [5.74, 6) is 1.14. The van der Waals surface area contributed by atoms with E-state index in [9.17, 15) is 4.79 Å². The van der Waals surface area contributed by atoms with E-state index in [1.54, 1.807) is 0 Å². The fourth-order valence-electron chi connectivity index (χ4n) is 1.86. The van der Waals surface area contributed by atoms with Crippen LogP contribution in [-0.2, 0) is 4.79 Å². The summed E-state index contributed by atoms with van der Waals surface area (Å²) < 4.78 is 0. The number of fused-ring (bicyclic) bond motifs is 1. The number of hydrogen-bond donors (Lipinski definition) is 2. The van der Waals surface area contributed by atoms with E-state index in [0.29, 0.717) is 5.92 Å². The van der Waals surface area contributed by atoms with Crippen LogP contribution in [0.2, 0.25) is 0 Å². The molecule has 0 aromatic heterocycles. The second-order valence-corrected chi connectivity index (χ2v) is 3.10. The number of hydrogen-bond acceptors (Lipinski definition) is 2. The normalized spacial score (nSPS) is 39.0. The third-order valence-electron chi connectivity index (χ3n) is 2.49. The predicted molar refractivity (Wildman–Crippen MR) is 37.5 cm³/mol. The van der Waals surface area contributed by atoms with Gasteiger partial charge >= 0.3 is 0 Å².